The monoisotopic (exact) mass is 533 g/mol. The number of hydrogen-bond donors (Lipinski definition) is 2. The quantitative estimate of drug-likeness (QED) is 0.358. The number of benzene rings is 1. The lowest BCUT2D eigenvalue weighted by Gasteiger charge is -2.33. The van der Waals surface area contributed by atoms with Gasteiger partial charge in [-0.2, -0.15) is 9.61 Å². The summed E-state index contributed by atoms with van der Waals surface area (Å²) >= 11 is 3.58. The number of piperidine rings is 1. The Morgan fingerprint density at radius 2 is 2.06 bits per heavy atom. The number of rotatable bonds is 6. The molecule has 2 unspecified atom stereocenters. The minimum atomic E-state index is -0.0513. The van der Waals surface area contributed by atoms with Gasteiger partial charge in [0.15, 0.2) is 5.65 Å². The molecule has 2 atom stereocenters. The van der Waals surface area contributed by atoms with Crippen LogP contribution < -0.4 is 10.6 Å². The van der Waals surface area contributed by atoms with Crippen molar-refractivity contribution in [2.24, 2.45) is 0 Å². The number of pyridine rings is 1. The molecule has 1 saturated heterocycles. The lowest BCUT2D eigenvalue weighted by atomic mass is 9.94. The van der Waals surface area contributed by atoms with Gasteiger partial charge in [0.05, 0.1) is 22.4 Å². The summed E-state index contributed by atoms with van der Waals surface area (Å²) in [5.74, 6) is 1.01. The molecule has 4 heterocycles. The third kappa shape index (κ3) is 5.30. The van der Waals surface area contributed by atoms with Crippen molar-refractivity contribution in [2.45, 2.75) is 38.3 Å². The molecule has 0 spiro atoms. The van der Waals surface area contributed by atoms with Crippen molar-refractivity contribution in [1.29, 1.82) is 0 Å². The van der Waals surface area contributed by atoms with E-state index in [0.29, 0.717) is 13.1 Å². The van der Waals surface area contributed by atoms with Gasteiger partial charge in [0.1, 0.15) is 5.82 Å². The number of likely N-dealkylation sites (tertiary alicyclic amines) is 1. The zero-order valence-electron chi connectivity index (χ0n) is 19.6. The number of fused-ring (bicyclic) bond motifs is 1. The van der Waals surface area contributed by atoms with Gasteiger partial charge in [-0.25, -0.2) is 9.78 Å². The Bertz CT molecular complexity index is 1300. The number of urea groups is 1. The predicted molar refractivity (Wildman–Crippen MR) is 139 cm³/mol. The van der Waals surface area contributed by atoms with Crippen LogP contribution in [0, 0.1) is 0 Å². The third-order valence-corrected chi connectivity index (χ3v) is 6.97. The first-order valence-corrected chi connectivity index (χ1v) is 12.6. The molecule has 3 aromatic heterocycles. The van der Waals surface area contributed by atoms with Crippen molar-refractivity contribution >= 4 is 33.4 Å². The molecule has 180 valence electrons. The summed E-state index contributed by atoms with van der Waals surface area (Å²) in [5, 5.41) is 11.1. The number of carbonyl (C=O) groups is 1. The fourth-order valence-corrected chi connectivity index (χ4v) is 4.84. The van der Waals surface area contributed by atoms with Crippen molar-refractivity contribution in [1.82, 2.24) is 29.8 Å². The molecule has 0 bridgehead atoms. The van der Waals surface area contributed by atoms with Crippen molar-refractivity contribution in [2.75, 3.05) is 18.4 Å². The molecule has 9 heteroatoms. The number of aromatic nitrogens is 4. The number of nitrogens with zero attached hydrogens (tertiary/aromatic N) is 5. The topological polar surface area (TPSA) is 87.5 Å². The highest BCUT2D eigenvalue weighted by molar-refractivity contribution is 9.10. The fourth-order valence-electron chi connectivity index (χ4n) is 4.49. The van der Waals surface area contributed by atoms with E-state index in [0.717, 1.165) is 52.1 Å². The second kappa shape index (κ2) is 10.4. The van der Waals surface area contributed by atoms with Crippen LogP contribution in [0.2, 0.25) is 0 Å². The van der Waals surface area contributed by atoms with Crippen LogP contribution in [0.3, 0.4) is 0 Å². The van der Waals surface area contributed by atoms with Gasteiger partial charge in [0.25, 0.3) is 0 Å². The fraction of sp³-hybridized carbons (Fsp3) is 0.308. The summed E-state index contributed by atoms with van der Waals surface area (Å²) in [6.45, 7) is 4.01. The third-order valence-electron chi connectivity index (χ3n) is 6.41. The SMILES string of the molecule is CC(NC(=O)N1CCCC(c2cc(NCc3cccnc3)n3ncc(Br)c3n2)C1)c1ccccc1. The van der Waals surface area contributed by atoms with E-state index in [1.165, 1.54) is 0 Å². The van der Waals surface area contributed by atoms with E-state index < -0.39 is 0 Å². The maximum absolute atomic E-state index is 13.1. The molecule has 4 aromatic rings. The van der Waals surface area contributed by atoms with Crippen LogP contribution in [-0.4, -0.2) is 43.6 Å². The van der Waals surface area contributed by atoms with Crippen molar-refractivity contribution in [3.05, 3.63) is 88.4 Å². The highest BCUT2D eigenvalue weighted by Gasteiger charge is 2.27. The summed E-state index contributed by atoms with van der Waals surface area (Å²) in [5.41, 5.74) is 3.89. The van der Waals surface area contributed by atoms with Crippen LogP contribution in [-0.2, 0) is 6.54 Å². The first-order valence-electron chi connectivity index (χ1n) is 11.9. The van der Waals surface area contributed by atoms with Gasteiger partial charge in [0, 0.05) is 44.0 Å². The van der Waals surface area contributed by atoms with Crippen molar-refractivity contribution in [3.63, 3.8) is 0 Å². The van der Waals surface area contributed by atoms with Crippen LogP contribution in [0.1, 0.15) is 48.5 Å². The van der Waals surface area contributed by atoms with Crippen LogP contribution >= 0.6 is 15.9 Å². The van der Waals surface area contributed by atoms with E-state index in [2.05, 4.69) is 42.7 Å². The molecule has 1 fully saturated rings. The van der Waals surface area contributed by atoms with Gasteiger partial charge in [-0.05, 0) is 52.9 Å². The highest BCUT2D eigenvalue weighted by atomic mass is 79.9. The predicted octanol–water partition coefficient (Wildman–Crippen LogP) is 5.15. The highest BCUT2D eigenvalue weighted by Crippen LogP contribution is 2.30. The normalized spacial score (nSPS) is 16.7. The van der Waals surface area contributed by atoms with Gasteiger partial charge in [-0.3, -0.25) is 4.98 Å². The largest absolute Gasteiger partial charge is 0.366 e. The molecule has 0 radical (unpaired) electrons. The van der Waals surface area contributed by atoms with Gasteiger partial charge in [-0.15, -0.1) is 0 Å². The molecule has 1 aromatic carbocycles. The molecule has 2 amide bonds. The molecule has 35 heavy (non-hydrogen) atoms. The molecule has 0 saturated carbocycles. The average molecular weight is 534 g/mol. The maximum Gasteiger partial charge on any atom is 0.317 e. The molecule has 0 aliphatic carbocycles. The molecule has 2 N–H and O–H groups in total. The van der Waals surface area contributed by atoms with Crippen molar-refractivity contribution in [3.8, 4) is 0 Å². The zero-order valence-corrected chi connectivity index (χ0v) is 21.1. The number of amides is 2. The van der Waals surface area contributed by atoms with E-state index in [4.69, 9.17) is 4.98 Å². The smallest absolute Gasteiger partial charge is 0.317 e. The summed E-state index contributed by atoms with van der Waals surface area (Å²) in [6.07, 6.45) is 7.29. The van der Waals surface area contributed by atoms with Gasteiger partial charge in [-0.1, -0.05) is 36.4 Å². The van der Waals surface area contributed by atoms with Crippen LogP contribution in [0.4, 0.5) is 10.6 Å². The number of halogens is 1. The molecule has 5 rings (SSSR count). The lowest BCUT2D eigenvalue weighted by Crippen LogP contribution is -2.45. The van der Waals surface area contributed by atoms with E-state index >= 15 is 0 Å². The molecule has 1 aliphatic heterocycles. The second-order valence-electron chi connectivity index (χ2n) is 8.88. The molecular weight excluding hydrogens is 506 g/mol. The first-order chi connectivity index (χ1) is 17.1. The minimum absolute atomic E-state index is 0.0346. The zero-order chi connectivity index (χ0) is 24.2. The van der Waals surface area contributed by atoms with Gasteiger partial charge in [0.2, 0.25) is 0 Å². The van der Waals surface area contributed by atoms with E-state index in [1.54, 1.807) is 16.9 Å². The Hall–Kier alpha value is -3.46. The van der Waals surface area contributed by atoms with Gasteiger partial charge >= 0.3 is 6.03 Å². The summed E-state index contributed by atoms with van der Waals surface area (Å²) < 4.78 is 2.64. The number of hydrogen-bond acceptors (Lipinski definition) is 5. The molecule has 8 nitrogen and oxygen atoms in total. The van der Waals surface area contributed by atoms with Crippen molar-refractivity contribution < 1.29 is 4.79 Å². The average Bonchev–Trinajstić information content (AvgIpc) is 3.29. The summed E-state index contributed by atoms with van der Waals surface area (Å²) in [7, 11) is 0. The number of carbonyl (C=O) groups excluding carboxylic acids is 1. The van der Waals surface area contributed by atoms with Gasteiger partial charge < -0.3 is 15.5 Å². The standard InChI is InChI=1S/C26H28BrN7O/c1-18(20-8-3-2-4-9-20)31-26(35)33-12-6-10-21(17-33)23-13-24(29-15-19-7-5-11-28-14-19)34-25(32-23)22(27)16-30-34/h2-5,7-9,11,13-14,16,18,21,29H,6,10,12,15,17H2,1H3,(H,31,35). The Labute approximate surface area is 212 Å². The minimum Gasteiger partial charge on any atom is -0.366 e. The Kier molecular flexibility index (Phi) is 6.94. The van der Waals surface area contributed by atoms with E-state index in [1.807, 2.05) is 60.5 Å². The van der Waals surface area contributed by atoms with Crippen LogP contribution in [0.5, 0.6) is 0 Å². The lowest BCUT2D eigenvalue weighted by molar-refractivity contribution is 0.176. The van der Waals surface area contributed by atoms with Crippen LogP contribution in [0.15, 0.2) is 71.6 Å². The second-order valence-corrected chi connectivity index (χ2v) is 9.73. The molecule has 1 aliphatic rings. The number of anilines is 1. The maximum atomic E-state index is 13.1. The van der Waals surface area contributed by atoms with E-state index in [-0.39, 0.29) is 18.0 Å². The first kappa shape index (κ1) is 23.3. The number of nitrogens with one attached hydrogen (secondary N) is 2. The Balaban J connectivity index is 1.33. The van der Waals surface area contributed by atoms with E-state index in [9.17, 15) is 4.79 Å². The molecular formula is C26H28BrN7O. The van der Waals surface area contributed by atoms with Crippen LogP contribution in [0.25, 0.3) is 5.65 Å². The summed E-state index contributed by atoms with van der Waals surface area (Å²) in [4.78, 5) is 24.1. The Morgan fingerprint density at radius 3 is 2.86 bits per heavy atom. The Morgan fingerprint density at radius 1 is 1.20 bits per heavy atom. The summed E-state index contributed by atoms with van der Waals surface area (Å²) in [6, 6.07) is 16.0.